The molecule has 33 heavy (non-hydrogen) atoms. The lowest BCUT2D eigenvalue weighted by Crippen LogP contribution is -2.32. The molecular formula is C24H17BrN4O4. The molecule has 0 heterocycles. The van der Waals surface area contributed by atoms with E-state index in [1.165, 1.54) is 6.21 Å². The van der Waals surface area contributed by atoms with Gasteiger partial charge in [0, 0.05) is 10.2 Å². The quantitative estimate of drug-likeness (QED) is 0.174. The van der Waals surface area contributed by atoms with Gasteiger partial charge in [0.1, 0.15) is 5.75 Å². The Kier molecular flexibility index (Phi) is 8.05. The number of hydrogen-bond acceptors (Lipinski definition) is 6. The molecule has 0 radical (unpaired) electrons. The summed E-state index contributed by atoms with van der Waals surface area (Å²) in [5.74, 6) is -2.08. The van der Waals surface area contributed by atoms with Gasteiger partial charge in [-0.25, -0.2) is 10.2 Å². The Labute approximate surface area is 198 Å². The number of hydrazone groups is 1. The van der Waals surface area contributed by atoms with E-state index in [9.17, 15) is 14.4 Å². The van der Waals surface area contributed by atoms with Crippen LogP contribution in [0.4, 0.5) is 5.69 Å². The molecule has 0 aliphatic heterocycles. The summed E-state index contributed by atoms with van der Waals surface area (Å²) in [6.45, 7) is 0. The van der Waals surface area contributed by atoms with E-state index in [2.05, 4.69) is 31.8 Å². The smallest absolute Gasteiger partial charge is 0.344 e. The summed E-state index contributed by atoms with van der Waals surface area (Å²) < 4.78 is 6.00. The van der Waals surface area contributed by atoms with Crippen LogP contribution in [0.2, 0.25) is 0 Å². The average molecular weight is 505 g/mol. The van der Waals surface area contributed by atoms with E-state index < -0.39 is 17.8 Å². The van der Waals surface area contributed by atoms with Crippen LogP contribution in [-0.2, 0) is 16.0 Å². The van der Waals surface area contributed by atoms with Gasteiger partial charge in [-0.15, -0.1) is 0 Å². The number of anilines is 1. The average Bonchev–Trinajstić information content (AvgIpc) is 2.81. The molecule has 3 aromatic carbocycles. The van der Waals surface area contributed by atoms with E-state index in [-0.39, 0.29) is 6.42 Å². The molecule has 0 fully saturated rings. The lowest BCUT2D eigenvalue weighted by molar-refractivity contribution is -0.136. The third-order valence-electron chi connectivity index (χ3n) is 4.24. The van der Waals surface area contributed by atoms with E-state index >= 15 is 0 Å². The van der Waals surface area contributed by atoms with E-state index in [1.807, 2.05) is 6.07 Å². The standard InChI is InChI=1S/C24H17BrN4O4/c25-21-7-2-1-6-20(21)24(32)33-19-5-3-4-17(14-19)15-27-29-23(31)22(30)28-18-10-8-16(9-11-18)12-13-26/h1-11,14-15H,12H2,(H,28,30)(H,29,31)/b27-15+. The summed E-state index contributed by atoms with van der Waals surface area (Å²) in [6.07, 6.45) is 1.57. The highest BCUT2D eigenvalue weighted by Gasteiger charge is 2.13. The van der Waals surface area contributed by atoms with Crippen molar-refractivity contribution in [3.63, 3.8) is 0 Å². The normalized spacial score (nSPS) is 10.3. The number of halogens is 1. The Morgan fingerprint density at radius 2 is 1.76 bits per heavy atom. The van der Waals surface area contributed by atoms with Crippen LogP contribution in [0.5, 0.6) is 5.75 Å². The zero-order valence-corrected chi connectivity index (χ0v) is 18.7. The summed E-state index contributed by atoms with van der Waals surface area (Å²) in [5.41, 5.74) is 4.28. The summed E-state index contributed by atoms with van der Waals surface area (Å²) in [7, 11) is 0. The van der Waals surface area contributed by atoms with Crippen molar-refractivity contribution in [1.29, 1.82) is 5.26 Å². The highest BCUT2D eigenvalue weighted by Crippen LogP contribution is 2.19. The first-order chi connectivity index (χ1) is 16.0. The largest absolute Gasteiger partial charge is 0.423 e. The number of hydrogen-bond donors (Lipinski definition) is 2. The number of esters is 1. The summed E-state index contributed by atoms with van der Waals surface area (Å²) in [6, 6.07) is 22.0. The predicted octanol–water partition coefficient (Wildman–Crippen LogP) is 3.82. The van der Waals surface area contributed by atoms with E-state index in [0.717, 1.165) is 5.56 Å². The van der Waals surface area contributed by atoms with E-state index in [0.29, 0.717) is 27.0 Å². The van der Waals surface area contributed by atoms with E-state index in [1.54, 1.807) is 72.8 Å². The fourth-order valence-corrected chi connectivity index (χ4v) is 3.10. The summed E-state index contributed by atoms with van der Waals surface area (Å²) >= 11 is 3.31. The molecule has 0 saturated heterocycles. The molecule has 0 aromatic heterocycles. The van der Waals surface area contributed by atoms with E-state index in [4.69, 9.17) is 10.00 Å². The Morgan fingerprint density at radius 3 is 2.48 bits per heavy atom. The van der Waals surface area contributed by atoms with Crippen LogP contribution >= 0.6 is 15.9 Å². The number of nitrogens with zero attached hydrogens (tertiary/aromatic N) is 2. The molecule has 9 heteroatoms. The fraction of sp³-hybridized carbons (Fsp3) is 0.0417. The minimum Gasteiger partial charge on any atom is -0.423 e. The van der Waals surface area contributed by atoms with Crippen LogP contribution in [-0.4, -0.2) is 24.0 Å². The van der Waals surface area contributed by atoms with Gasteiger partial charge in [0.15, 0.2) is 0 Å². The van der Waals surface area contributed by atoms with Gasteiger partial charge in [0.2, 0.25) is 0 Å². The number of benzene rings is 3. The number of carbonyl (C=O) groups is 3. The van der Waals surface area contributed by atoms with Crippen molar-refractivity contribution in [3.05, 3.63) is 94.0 Å². The third kappa shape index (κ3) is 6.85. The minimum atomic E-state index is -0.955. The van der Waals surface area contributed by atoms with Gasteiger partial charge in [0.05, 0.1) is 24.3 Å². The van der Waals surface area contributed by atoms with Gasteiger partial charge < -0.3 is 10.1 Å². The highest BCUT2D eigenvalue weighted by molar-refractivity contribution is 9.10. The predicted molar refractivity (Wildman–Crippen MR) is 126 cm³/mol. The van der Waals surface area contributed by atoms with Crippen molar-refractivity contribution in [2.45, 2.75) is 6.42 Å². The second kappa shape index (κ2) is 11.4. The minimum absolute atomic E-state index is 0.258. The molecule has 0 unspecified atom stereocenters. The first-order valence-corrected chi connectivity index (χ1v) is 10.4. The van der Waals surface area contributed by atoms with Crippen LogP contribution in [0.1, 0.15) is 21.5 Å². The van der Waals surface area contributed by atoms with Crippen molar-refractivity contribution in [2.24, 2.45) is 5.10 Å². The molecule has 2 N–H and O–H groups in total. The monoisotopic (exact) mass is 504 g/mol. The SMILES string of the molecule is N#CCc1ccc(NC(=O)C(=O)N/N=C/c2cccc(OC(=O)c3ccccc3Br)c2)cc1. The summed E-state index contributed by atoms with van der Waals surface area (Å²) in [5, 5.41) is 14.9. The molecule has 8 nitrogen and oxygen atoms in total. The Balaban J connectivity index is 1.55. The topological polar surface area (TPSA) is 121 Å². The molecule has 3 aromatic rings. The number of carbonyl (C=O) groups excluding carboxylic acids is 3. The second-order valence-corrected chi connectivity index (χ2v) is 7.48. The molecule has 0 aliphatic rings. The maximum absolute atomic E-state index is 12.3. The van der Waals surface area contributed by atoms with Crippen LogP contribution in [0.25, 0.3) is 0 Å². The van der Waals surface area contributed by atoms with Crippen LogP contribution in [0.3, 0.4) is 0 Å². The van der Waals surface area contributed by atoms with Crippen LogP contribution < -0.4 is 15.5 Å². The van der Waals surface area contributed by atoms with Gasteiger partial charge >= 0.3 is 17.8 Å². The van der Waals surface area contributed by atoms with Crippen molar-refractivity contribution in [3.8, 4) is 11.8 Å². The molecule has 0 spiro atoms. The van der Waals surface area contributed by atoms with Crippen molar-refractivity contribution < 1.29 is 19.1 Å². The second-order valence-electron chi connectivity index (χ2n) is 6.63. The first kappa shape index (κ1) is 23.4. The molecule has 0 bridgehead atoms. The molecule has 164 valence electrons. The van der Waals surface area contributed by atoms with Gasteiger partial charge in [-0.1, -0.05) is 36.4 Å². The Bertz CT molecular complexity index is 1250. The summed E-state index contributed by atoms with van der Waals surface area (Å²) in [4.78, 5) is 36.3. The maximum atomic E-state index is 12.3. The fourth-order valence-electron chi connectivity index (χ4n) is 2.65. The Morgan fingerprint density at radius 1 is 1.00 bits per heavy atom. The number of ether oxygens (including phenoxy) is 1. The van der Waals surface area contributed by atoms with Crippen LogP contribution in [0, 0.1) is 11.3 Å². The van der Waals surface area contributed by atoms with Gasteiger partial charge in [-0.05, 0) is 63.5 Å². The lowest BCUT2D eigenvalue weighted by atomic mass is 10.1. The van der Waals surface area contributed by atoms with Crippen molar-refractivity contribution in [1.82, 2.24) is 5.43 Å². The molecule has 3 rings (SSSR count). The van der Waals surface area contributed by atoms with Gasteiger partial charge in [-0.2, -0.15) is 10.4 Å². The van der Waals surface area contributed by atoms with Gasteiger partial charge in [-0.3, -0.25) is 9.59 Å². The lowest BCUT2D eigenvalue weighted by Gasteiger charge is -2.06. The highest BCUT2D eigenvalue weighted by atomic mass is 79.9. The zero-order valence-electron chi connectivity index (χ0n) is 17.1. The Hall–Kier alpha value is -4.29. The van der Waals surface area contributed by atoms with Crippen molar-refractivity contribution >= 4 is 45.6 Å². The van der Waals surface area contributed by atoms with Crippen molar-refractivity contribution in [2.75, 3.05) is 5.32 Å². The zero-order chi connectivity index (χ0) is 23.6. The number of nitriles is 1. The first-order valence-electron chi connectivity index (χ1n) is 9.63. The van der Waals surface area contributed by atoms with Crippen LogP contribution in [0.15, 0.2) is 82.4 Å². The molecular weight excluding hydrogens is 488 g/mol. The molecule has 0 atom stereocenters. The molecule has 0 saturated carbocycles. The third-order valence-corrected chi connectivity index (χ3v) is 4.93. The molecule has 0 aliphatic carbocycles. The number of rotatable bonds is 6. The number of nitrogens with one attached hydrogen (secondary N) is 2. The maximum Gasteiger partial charge on any atom is 0.344 e. The van der Waals surface area contributed by atoms with Gasteiger partial charge in [0.25, 0.3) is 0 Å². The number of amides is 2. The molecule has 2 amide bonds.